The summed E-state index contributed by atoms with van der Waals surface area (Å²) in [5.74, 6) is -0.685. The molecule has 11 heteroatoms. The smallest absolute Gasteiger partial charge is 0.269 e. The summed E-state index contributed by atoms with van der Waals surface area (Å²) in [4.78, 5) is 22.2. The average Bonchev–Trinajstić information content (AvgIpc) is 2.54. The van der Waals surface area contributed by atoms with Crippen LogP contribution in [0.3, 0.4) is 0 Å². The molecule has 1 N–H and O–H groups in total. The number of anilines is 1. The molecule has 138 valence electrons. The number of nitro groups is 1. The maximum absolute atomic E-state index is 12.4. The van der Waals surface area contributed by atoms with E-state index in [1.54, 1.807) is 0 Å². The van der Waals surface area contributed by atoms with E-state index in [4.69, 9.17) is 23.2 Å². The zero-order valence-corrected chi connectivity index (χ0v) is 15.9. The summed E-state index contributed by atoms with van der Waals surface area (Å²) in [5, 5.41) is 13.0. The molecule has 8 nitrogen and oxygen atoms in total. The second-order valence-corrected chi connectivity index (χ2v) is 8.24. The van der Waals surface area contributed by atoms with Crippen LogP contribution >= 0.6 is 23.2 Å². The molecule has 26 heavy (non-hydrogen) atoms. The van der Waals surface area contributed by atoms with Gasteiger partial charge in [-0.15, -0.1) is 0 Å². The van der Waals surface area contributed by atoms with Crippen LogP contribution in [0.2, 0.25) is 10.0 Å². The quantitative estimate of drug-likeness (QED) is 0.591. The van der Waals surface area contributed by atoms with Crippen LogP contribution in [0.5, 0.6) is 0 Å². The Morgan fingerprint density at radius 3 is 2.19 bits per heavy atom. The molecule has 0 atom stereocenters. The van der Waals surface area contributed by atoms with Crippen molar-refractivity contribution in [2.24, 2.45) is 0 Å². The Labute approximate surface area is 159 Å². The zero-order valence-electron chi connectivity index (χ0n) is 13.6. The van der Waals surface area contributed by atoms with Crippen LogP contribution in [0, 0.1) is 10.1 Å². The first-order valence-corrected chi connectivity index (χ1v) is 9.21. The molecule has 0 heterocycles. The lowest BCUT2D eigenvalue weighted by Gasteiger charge is -2.15. The van der Waals surface area contributed by atoms with E-state index in [-0.39, 0.29) is 31.9 Å². The standard InChI is InChI=1S/C15H13Cl2N3O5S/c1-19(2)26(24,25)14-7-11(12(16)8-13(14)17)15(21)18-9-3-5-10(6-4-9)20(22)23/h3-8H,1-2H3,(H,18,21). The number of hydrogen-bond acceptors (Lipinski definition) is 5. The maximum Gasteiger partial charge on any atom is 0.269 e. The third-order valence-electron chi connectivity index (χ3n) is 3.36. The Morgan fingerprint density at radius 1 is 1.12 bits per heavy atom. The lowest BCUT2D eigenvalue weighted by Crippen LogP contribution is -2.23. The summed E-state index contributed by atoms with van der Waals surface area (Å²) < 4.78 is 25.6. The monoisotopic (exact) mass is 417 g/mol. The normalized spacial score (nSPS) is 11.4. The minimum absolute atomic E-state index is 0.0351. The minimum Gasteiger partial charge on any atom is -0.322 e. The highest BCUT2D eigenvalue weighted by atomic mass is 35.5. The topological polar surface area (TPSA) is 110 Å². The van der Waals surface area contributed by atoms with Crippen LogP contribution in [0.4, 0.5) is 11.4 Å². The highest BCUT2D eigenvalue weighted by molar-refractivity contribution is 7.89. The van der Waals surface area contributed by atoms with Gasteiger partial charge in [0, 0.05) is 31.9 Å². The van der Waals surface area contributed by atoms with E-state index < -0.39 is 20.9 Å². The van der Waals surface area contributed by atoms with Crippen molar-refractivity contribution in [3.8, 4) is 0 Å². The number of hydrogen-bond donors (Lipinski definition) is 1. The minimum atomic E-state index is -3.88. The van der Waals surface area contributed by atoms with Gasteiger partial charge in [0.2, 0.25) is 10.0 Å². The van der Waals surface area contributed by atoms with Gasteiger partial charge in [-0.3, -0.25) is 14.9 Å². The number of non-ortho nitro benzene ring substituents is 1. The fourth-order valence-corrected chi connectivity index (χ4v) is 3.69. The third-order valence-corrected chi connectivity index (χ3v) is 5.95. The largest absolute Gasteiger partial charge is 0.322 e. The Bertz CT molecular complexity index is 976. The molecule has 0 saturated carbocycles. The molecular weight excluding hydrogens is 405 g/mol. The van der Waals surface area contributed by atoms with Gasteiger partial charge in [0.25, 0.3) is 11.6 Å². The number of nitro benzene ring substituents is 1. The molecule has 2 aromatic rings. The molecule has 0 aliphatic heterocycles. The highest BCUT2D eigenvalue weighted by Gasteiger charge is 2.24. The number of halogens is 2. The van der Waals surface area contributed by atoms with Crippen LogP contribution in [0.1, 0.15) is 10.4 Å². The van der Waals surface area contributed by atoms with Crippen molar-refractivity contribution in [3.05, 3.63) is 62.1 Å². The predicted molar refractivity (Wildman–Crippen MR) is 98.4 cm³/mol. The van der Waals surface area contributed by atoms with Crippen LogP contribution in [0.15, 0.2) is 41.3 Å². The van der Waals surface area contributed by atoms with Crippen molar-refractivity contribution in [3.63, 3.8) is 0 Å². The summed E-state index contributed by atoms with van der Waals surface area (Å²) in [6, 6.07) is 7.39. The molecule has 0 aliphatic rings. The van der Waals surface area contributed by atoms with Gasteiger partial charge in [-0.1, -0.05) is 23.2 Å². The summed E-state index contributed by atoms with van der Waals surface area (Å²) in [6.07, 6.45) is 0. The second kappa shape index (κ2) is 7.58. The van der Waals surface area contributed by atoms with Crippen LogP contribution < -0.4 is 5.32 Å². The van der Waals surface area contributed by atoms with Gasteiger partial charge in [-0.2, -0.15) is 0 Å². The molecule has 0 saturated heterocycles. The Hall–Kier alpha value is -2.20. The molecule has 0 spiro atoms. The molecule has 0 fully saturated rings. The number of sulfonamides is 1. The lowest BCUT2D eigenvalue weighted by atomic mass is 10.2. The molecule has 0 radical (unpaired) electrons. The predicted octanol–water partition coefficient (Wildman–Crippen LogP) is 3.40. The molecule has 0 aromatic heterocycles. The molecule has 2 aromatic carbocycles. The number of carbonyl (C=O) groups excluding carboxylic acids is 1. The highest BCUT2D eigenvalue weighted by Crippen LogP contribution is 2.30. The second-order valence-electron chi connectivity index (χ2n) is 5.31. The molecule has 1 amide bonds. The molecule has 0 unspecified atom stereocenters. The van der Waals surface area contributed by atoms with Gasteiger partial charge in [-0.05, 0) is 24.3 Å². The third kappa shape index (κ3) is 4.13. The number of amides is 1. The number of nitrogens with zero attached hydrogens (tertiary/aromatic N) is 2. The Kier molecular flexibility index (Phi) is 5.87. The number of carbonyl (C=O) groups is 1. The van der Waals surface area contributed by atoms with Gasteiger partial charge in [-0.25, -0.2) is 12.7 Å². The maximum atomic E-state index is 12.4. The van der Waals surface area contributed by atoms with Crippen molar-refractivity contribution in [2.75, 3.05) is 19.4 Å². The van der Waals surface area contributed by atoms with Crippen LogP contribution in [-0.4, -0.2) is 37.6 Å². The van der Waals surface area contributed by atoms with Gasteiger partial charge < -0.3 is 5.32 Å². The van der Waals surface area contributed by atoms with Crippen molar-refractivity contribution < 1.29 is 18.1 Å². The van der Waals surface area contributed by atoms with Crippen molar-refractivity contribution in [2.45, 2.75) is 4.90 Å². The first kappa shape index (κ1) is 20.1. The van der Waals surface area contributed by atoms with Crippen molar-refractivity contribution in [1.29, 1.82) is 0 Å². The van der Waals surface area contributed by atoms with Crippen LogP contribution in [-0.2, 0) is 10.0 Å². The fraction of sp³-hybridized carbons (Fsp3) is 0.133. The fourth-order valence-electron chi connectivity index (χ4n) is 1.96. The van der Waals surface area contributed by atoms with E-state index >= 15 is 0 Å². The zero-order chi connectivity index (χ0) is 19.6. The molecule has 2 rings (SSSR count). The number of nitrogens with one attached hydrogen (secondary N) is 1. The van der Waals surface area contributed by atoms with E-state index in [9.17, 15) is 23.3 Å². The SMILES string of the molecule is CN(C)S(=O)(=O)c1cc(C(=O)Nc2ccc([N+](=O)[O-])cc2)c(Cl)cc1Cl. The van der Waals surface area contributed by atoms with E-state index in [2.05, 4.69) is 5.32 Å². The van der Waals surface area contributed by atoms with E-state index in [0.717, 1.165) is 10.4 Å². The van der Waals surface area contributed by atoms with Crippen molar-refractivity contribution in [1.82, 2.24) is 4.31 Å². The molecule has 0 aliphatic carbocycles. The van der Waals surface area contributed by atoms with Crippen molar-refractivity contribution >= 4 is 50.5 Å². The Morgan fingerprint density at radius 2 is 1.69 bits per heavy atom. The molecular formula is C15H13Cl2N3O5S. The average molecular weight is 418 g/mol. The summed E-state index contributed by atoms with van der Waals surface area (Å²) in [7, 11) is -1.22. The van der Waals surface area contributed by atoms with Gasteiger partial charge >= 0.3 is 0 Å². The van der Waals surface area contributed by atoms with Gasteiger partial charge in [0.15, 0.2) is 0 Å². The van der Waals surface area contributed by atoms with E-state index in [0.29, 0.717) is 0 Å². The molecule has 0 bridgehead atoms. The summed E-state index contributed by atoms with van der Waals surface area (Å²) >= 11 is 12.0. The first-order chi connectivity index (χ1) is 12.0. The van der Waals surface area contributed by atoms with Crippen LogP contribution in [0.25, 0.3) is 0 Å². The summed E-state index contributed by atoms with van der Waals surface area (Å²) in [6.45, 7) is 0. The number of benzene rings is 2. The lowest BCUT2D eigenvalue weighted by molar-refractivity contribution is -0.384. The first-order valence-electron chi connectivity index (χ1n) is 7.01. The number of rotatable bonds is 5. The van der Waals surface area contributed by atoms with E-state index in [1.165, 1.54) is 44.4 Å². The Balaban J connectivity index is 2.38. The summed E-state index contributed by atoms with van der Waals surface area (Å²) in [5.41, 5.74) is 0.0466. The van der Waals surface area contributed by atoms with Gasteiger partial charge in [0.05, 0.1) is 20.5 Å². The van der Waals surface area contributed by atoms with Gasteiger partial charge in [0.1, 0.15) is 4.90 Å². The van der Waals surface area contributed by atoms with E-state index in [1.807, 2.05) is 0 Å².